The first-order valence-corrected chi connectivity index (χ1v) is 8.74. The third-order valence-electron chi connectivity index (χ3n) is 4.69. The van der Waals surface area contributed by atoms with E-state index in [2.05, 4.69) is 33.6 Å². The van der Waals surface area contributed by atoms with Crippen LogP contribution in [0.4, 0.5) is 19.0 Å². The maximum atomic E-state index is 12.8. The van der Waals surface area contributed by atoms with Crippen LogP contribution in [0.3, 0.4) is 0 Å². The monoisotopic (exact) mass is 375 g/mol. The van der Waals surface area contributed by atoms with Crippen molar-refractivity contribution >= 4 is 5.82 Å². The number of aromatic nitrogens is 2. The zero-order valence-electron chi connectivity index (χ0n) is 15.2. The highest BCUT2D eigenvalue weighted by Gasteiger charge is 2.30. The van der Waals surface area contributed by atoms with Gasteiger partial charge in [0.25, 0.3) is 0 Å². The van der Waals surface area contributed by atoms with Crippen LogP contribution in [0.2, 0.25) is 0 Å². The Balaban J connectivity index is 1.87. The van der Waals surface area contributed by atoms with E-state index >= 15 is 0 Å². The number of halogens is 3. The van der Waals surface area contributed by atoms with Crippen molar-refractivity contribution in [2.75, 3.05) is 31.1 Å². The van der Waals surface area contributed by atoms with Crippen LogP contribution in [0, 0.1) is 11.3 Å². The van der Waals surface area contributed by atoms with Crippen molar-refractivity contribution in [3.05, 3.63) is 41.7 Å². The van der Waals surface area contributed by atoms with Crippen LogP contribution in [0.25, 0.3) is 11.3 Å². The second kappa shape index (κ2) is 7.53. The highest BCUT2D eigenvalue weighted by Crippen LogP contribution is 2.31. The van der Waals surface area contributed by atoms with Gasteiger partial charge in [-0.1, -0.05) is 12.1 Å². The molecule has 27 heavy (non-hydrogen) atoms. The van der Waals surface area contributed by atoms with Gasteiger partial charge in [0.05, 0.1) is 11.3 Å². The summed E-state index contributed by atoms with van der Waals surface area (Å²) in [4.78, 5) is 12.9. The van der Waals surface area contributed by atoms with Crippen LogP contribution in [0.1, 0.15) is 25.2 Å². The molecule has 1 aromatic heterocycles. The van der Waals surface area contributed by atoms with Crippen molar-refractivity contribution in [2.24, 2.45) is 0 Å². The Hall–Kier alpha value is -2.66. The average molecular weight is 375 g/mol. The van der Waals surface area contributed by atoms with Crippen molar-refractivity contribution in [1.29, 1.82) is 5.26 Å². The van der Waals surface area contributed by atoms with Crippen LogP contribution >= 0.6 is 0 Å². The third kappa shape index (κ3) is 4.37. The van der Waals surface area contributed by atoms with Crippen LogP contribution in [0.5, 0.6) is 0 Å². The van der Waals surface area contributed by atoms with Crippen LogP contribution in [-0.2, 0) is 6.18 Å². The minimum Gasteiger partial charge on any atom is -0.354 e. The lowest BCUT2D eigenvalue weighted by Gasteiger charge is -2.37. The standard InChI is InChI=1S/C19H20F3N5/c1-13(2)26-7-9-27(10-8-26)18-11-16(24-17(12-23)25-18)14-3-5-15(6-4-14)19(20,21)22/h3-6,11,13H,7-10H2,1-2H3. The van der Waals surface area contributed by atoms with E-state index in [9.17, 15) is 18.4 Å². The number of hydrogen-bond donors (Lipinski definition) is 0. The Morgan fingerprint density at radius 2 is 1.67 bits per heavy atom. The molecule has 2 heterocycles. The van der Waals surface area contributed by atoms with Gasteiger partial charge >= 0.3 is 6.18 Å². The lowest BCUT2D eigenvalue weighted by atomic mass is 10.1. The number of alkyl halides is 3. The minimum atomic E-state index is -4.39. The largest absolute Gasteiger partial charge is 0.416 e. The zero-order valence-corrected chi connectivity index (χ0v) is 15.2. The predicted octanol–water partition coefficient (Wildman–Crippen LogP) is 3.56. The number of piperazine rings is 1. The first-order valence-electron chi connectivity index (χ1n) is 8.74. The molecular weight excluding hydrogens is 355 g/mol. The fourth-order valence-corrected chi connectivity index (χ4v) is 3.09. The number of benzene rings is 1. The van der Waals surface area contributed by atoms with Gasteiger partial charge in [-0.15, -0.1) is 0 Å². The molecule has 8 heteroatoms. The van der Waals surface area contributed by atoms with Gasteiger partial charge in [-0.2, -0.15) is 18.4 Å². The molecule has 1 aromatic carbocycles. The fraction of sp³-hybridized carbons (Fsp3) is 0.421. The first kappa shape index (κ1) is 19.1. The van der Waals surface area contributed by atoms with E-state index in [4.69, 9.17) is 0 Å². The van der Waals surface area contributed by atoms with E-state index in [1.807, 2.05) is 6.07 Å². The lowest BCUT2D eigenvalue weighted by Crippen LogP contribution is -2.49. The summed E-state index contributed by atoms with van der Waals surface area (Å²) < 4.78 is 38.3. The quantitative estimate of drug-likeness (QED) is 0.821. The summed E-state index contributed by atoms with van der Waals surface area (Å²) in [5.74, 6) is 0.633. The molecule has 5 nitrogen and oxygen atoms in total. The SMILES string of the molecule is CC(C)N1CCN(c2cc(-c3ccc(C(F)(F)F)cc3)nc(C#N)n2)CC1. The van der Waals surface area contributed by atoms with E-state index < -0.39 is 11.7 Å². The molecule has 1 saturated heterocycles. The highest BCUT2D eigenvalue weighted by atomic mass is 19.4. The van der Waals surface area contributed by atoms with Crippen LogP contribution in [-0.4, -0.2) is 47.1 Å². The smallest absolute Gasteiger partial charge is 0.354 e. The van der Waals surface area contributed by atoms with Gasteiger partial charge in [-0.05, 0) is 26.0 Å². The number of anilines is 1. The van der Waals surface area contributed by atoms with Gasteiger partial charge in [0.1, 0.15) is 11.9 Å². The molecule has 1 aliphatic rings. The van der Waals surface area contributed by atoms with Gasteiger partial charge in [0.15, 0.2) is 0 Å². The Labute approximate surface area is 156 Å². The number of hydrogen-bond acceptors (Lipinski definition) is 5. The summed E-state index contributed by atoms with van der Waals surface area (Å²) in [7, 11) is 0. The molecule has 0 amide bonds. The summed E-state index contributed by atoms with van der Waals surface area (Å²) in [6, 6.07) is 8.91. The molecule has 0 aliphatic carbocycles. The summed E-state index contributed by atoms with van der Waals surface area (Å²) in [5.41, 5.74) is 0.242. The van der Waals surface area contributed by atoms with Crippen molar-refractivity contribution in [3.8, 4) is 17.3 Å². The first-order chi connectivity index (χ1) is 12.8. The topological polar surface area (TPSA) is 56.0 Å². The number of nitrogens with zero attached hydrogens (tertiary/aromatic N) is 5. The highest BCUT2D eigenvalue weighted by molar-refractivity contribution is 5.64. The van der Waals surface area contributed by atoms with E-state index in [0.29, 0.717) is 23.1 Å². The number of rotatable bonds is 3. The maximum Gasteiger partial charge on any atom is 0.416 e. The Morgan fingerprint density at radius 1 is 1.04 bits per heavy atom. The van der Waals surface area contributed by atoms with Crippen molar-refractivity contribution < 1.29 is 13.2 Å². The normalized spacial score (nSPS) is 15.8. The summed E-state index contributed by atoms with van der Waals surface area (Å²) >= 11 is 0. The molecule has 0 bridgehead atoms. The molecule has 3 rings (SSSR count). The molecule has 1 fully saturated rings. The van der Waals surface area contributed by atoms with Gasteiger partial charge in [0, 0.05) is 43.9 Å². The minimum absolute atomic E-state index is 0.00804. The molecule has 142 valence electrons. The molecule has 0 spiro atoms. The second-order valence-corrected chi connectivity index (χ2v) is 6.74. The molecule has 1 aliphatic heterocycles. The zero-order chi connectivity index (χ0) is 19.6. The van der Waals surface area contributed by atoms with Crippen LogP contribution < -0.4 is 4.90 Å². The van der Waals surface area contributed by atoms with Gasteiger partial charge in [0.2, 0.25) is 5.82 Å². The summed E-state index contributed by atoms with van der Waals surface area (Å²) in [6.07, 6.45) is -4.39. The van der Waals surface area contributed by atoms with Crippen LogP contribution in [0.15, 0.2) is 30.3 Å². The fourth-order valence-electron chi connectivity index (χ4n) is 3.09. The molecule has 0 unspecified atom stereocenters. The Kier molecular flexibility index (Phi) is 5.33. The van der Waals surface area contributed by atoms with Gasteiger partial charge < -0.3 is 4.90 Å². The van der Waals surface area contributed by atoms with E-state index in [0.717, 1.165) is 38.3 Å². The molecular formula is C19H20F3N5. The molecule has 2 aromatic rings. The average Bonchev–Trinajstić information content (AvgIpc) is 2.67. The van der Waals surface area contributed by atoms with E-state index in [1.165, 1.54) is 12.1 Å². The predicted molar refractivity (Wildman–Crippen MR) is 96.1 cm³/mol. The molecule has 0 atom stereocenters. The maximum absolute atomic E-state index is 12.8. The summed E-state index contributed by atoms with van der Waals surface area (Å²) in [5, 5.41) is 9.25. The molecule has 0 saturated carbocycles. The van der Waals surface area contributed by atoms with Gasteiger partial charge in [-0.3, -0.25) is 4.90 Å². The molecule has 0 N–H and O–H groups in total. The number of nitriles is 1. The Morgan fingerprint density at radius 3 is 2.19 bits per heavy atom. The van der Waals surface area contributed by atoms with Crippen molar-refractivity contribution in [1.82, 2.24) is 14.9 Å². The Bertz CT molecular complexity index is 832. The van der Waals surface area contributed by atoms with Crippen molar-refractivity contribution in [3.63, 3.8) is 0 Å². The van der Waals surface area contributed by atoms with E-state index in [1.54, 1.807) is 6.07 Å². The molecule has 0 radical (unpaired) electrons. The van der Waals surface area contributed by atoms with Gasteiger partial charge in [-0.25, -0.2) is 9.97 Å². The van der Waals surface area contributed by atoms with Crippen molar-refractivity contribution in [2.45, 2.75) is 26.1 Å². The second-order valence-electron chi connectivity index (χ2n) is 6.74. The summed E-state index contributed by atoms with van der Waals surface area (Å²) in [6.45, 7) is 7.62. The third-order valence-corrected chi connectivity index (χ3v) is 4.69. The lowest BCUT2D eigenvalue weighted by molar-refractivity contribution is -0.137. The van der Waals surface area contributed by atoms with E-state index in [-0.39, 0.29) is 5.82 Å².